The van der Waals surface area contributed by atoms with Gasteiger partial charge in [-0.25, -0.2) is 4.99 Å². The average molecular weight is 271 g/mol. The van der Waals surface area contributed by atoms with E-state index in [0.717, 1.165) is 0 Å². The fourth-order valence-corrected chi connectivity index (χ4v) is 3.70. The fourth-order valence-electron chi connectivity index (χ4n) is 3.70. The van der Waals surface area contributed by atoms with Crippen molar-refractivity contribution in [2.75, 3.05) is 13.2 Å². The van der Waals surface area contributed by atoms with E-state index in [0.29, 0.717) is 19.0 Å². The van der Waals surface area contributed by atoms with Gasteiger partial charge in [-0.05, 0) is 12.1 Å². The van der Waals surface area contributed by atoms with Gasteiger partial charge in [-0.2, -0.15) is 10.5 Å². The van der Waals surface area contributed by atoms with Gasteiger partial charge in [-0.1, -0.05) is 0 Å². The Labute approximate surface area is 114 Å². The summed E-state index contributed by atoms with van der Waals surface area (Å²) in [7, 11) is 0. The third-order valence-corrected chi connectivity index (χ3v) is 4.52. The minimum Gasteiger partial charge on any atom is -0.469 e. The van der Waals surface area contributed by atoms with Gasteiger partial charge in [0, 0.05) is 0 Å². The van der Waals surface area contributed by atoms with Crippen molar-refractivity contribution in [3.63, 3.8) is 0 Å². The molecule has 3 heterocycles. The SMILES string of the molecule is N#C[C@@]12C(N)=[NH+]C3(OCCO3)[C@]1(C#N)[C@H]2c1ccco1. The number of nitrogens with one attached hydrogen (secondary N) is 1. The zero-order valence-corrected chi connectivity index (χ0v) is 10.4. The van der Waals surface area contributed by atoms with Crippen molar-refractivity contribution in [1.82, 2.24) is 0 Å². The van der Waals surface area contributed by atoms with Crippen molar-refractivity contribution in [3.8, 4) is 12.1 Å². The molecule has 1 saturated carbocycles. The fraction of sp³-hybridized carbons (Fsp3) is 0.462. The van der Waals surface area contributed by atoms with Gasteiger partial charge in [-0.15, -0.1) is 0 Å². The number of amidine groups is 1. The maximum absolute atomic E-state index is 9.76. The van der Waals surface area contributed by atoms with Crippen LogP contribution in [0.3, 0.4) is 0 Å². The molecule has 3 N–H and O–H groups in total. The summed E-state index contributed by atoms with van der Waals surface area (Å²) in [5, 5.41) is 19.4. The molecule has 7 heteroatoms. The molecule has 3 atom stereocenters. The molecule has 2 fully saturated rings. The number of hydrogen-bond acceptors (Lipinski definition) is 6. The molecule has 100 valence electrons. The molecule has 2 aliphatic heterocycles. The smallest absolute Gasteiger partial charge is 0.343 e. The molecule has 1 spiro atoms. The predicted molar refractivity (Wildman–Crippen MR) is 62.3 cm³/mol. The van der Waals surface area contributed by atoms with E-state index < -0.39 is 22.7 Å². The number of nitrogens with two attached hydrogens (primary N) is 1. The highest BCUT2D eigenvalue weighted by Gasteiger charge is 2.98. The molecule has 4 rings (SSSR count). The van der Waals surface area contributed by atoms with E-state index in [1.165, 1.54) is 6.26 Å². The first kappa shape index (κ1) is 11.5. The van der Waals surface area contributed by atoms with Crippen molar-refractivity contribution in [1.29, 1.82) is 10.5 Å². The second-order valence-electron chi connectivity index (χ2n) is 5.14. The maximum atomic E-state index is 9.76. The molecule has 0 unspecified atom stereocenters. The second-order valence-corrected chi connectivity index (χ2v) is 5.14. The number of hydrogen-bond donors (Lipinski definition) is 2. The summed E-state index contributed by atoms with van der Waals surface area (Å²) in [4.78, 5) is 2.87. The maximum Gasteiger partial charge on any atom is 0.343 e. The van der Waals surface area contributed by atoms with Gasteiger partial charge in [0.2, 0.25) is 0 Å². The molecule has 20 heavy (non-hydrogen) atoms. The molecule has 1 aromatic heterocycles. The number of fused-ring (bicyclic) bond motifs is 2. The minimum atomic E-state index is -1.36. The number of furan rings is 1. The number of ether oxygens (including phenoxy) is 2. The quantitative estimate of drug-likeness (QED) is 0.645. The van der Waals surface area contributed by atoms with E-state index in [2.05, 4.69) is 17.1 Å². The summed E-state index contributed by atoms with van der Waals surface area (Å²) in [6, 6.07) is 7.84. The lowest BCUT2D eigenvalue weighted by Gasteiger charge is -2.22. The zero-order valence-electron chi connectivity index (χ0n) is 10.4. The van der Waals surface area contributed by atoms with E-state index in [4.69, 9.17) is 19.6 Å². The van der Waals surface area contributed by atoms with Crippen molar-refractivity contribution in [2.24, 2.45) is 16.6 Å². The predicted octanol–water partition coefficient (Wildman–Crippen LogP) is -1.45. The Morgan fingerprint density at radius 3 is 2.60 bits per heavy atom. The van der Waals surface area contributed by atoms with Crippen LogP contribution in [0.15, 0.2) is 22.8 Å². The summed E-state index contributed by atoms with van der Waals surface area (Å²) < 4.78 is 16.6. The Morgan fingerprint density at radius 1 is 1.30 bits per heavy atom. The molecule has 1 aromatic rings. The van der Waals surface area contributed by atoms with Crippen LogP contribution < -0.4 is 10.7 Å². The third-order valence-electron chi connectivity index (χ3n) is 4.52. The minimum absolute atomic E-state index is 0.199. The lowest BCUT2D eigenvalue weighted by atomic mass is 9.94. The van der Waals surface area contributed by atoms with Gasteiger partial charge in [0.05, 0.1) is 37.5 Å². The average Bonchev–Trinajstić information content (AvgIpc) is 2.93. The van der Waals surface area contributed by atoms with E-state index in [9.17, 15) is 10.5 Å². The first-order valence-corrected chi connectivity index (χ1v) is 6.23. The van der Waals surface area contributed by atoms with E-state index in [-0.39, 0.29) is 5.84 Å². The summed E-state index contributed by atoms with van der Waals surface area (Å²) in [5.41, 5.74) is 3.59. The number of nitriles is 2. The van der Waals surface area contributed by atoms with Gasteiger partial charge in [0.15, 0.2) is 10.8 Å². The Hall–Kier alpha value is -2.35. The summed E-state index contributed by atoms with van der Waals surface area (Å²) >= 11 is 0. The van der Waals surface area contributed by atoms with Crippen LogP contribution in [0.1, 0.15) is 11.7 Å². The third kappa shape index (κ3) is 0.856. The Kier molecular flexibility index (Phi) is 1.84. The van der Waals surface area contributed by atoms with Crippen molar-refractivity contribution in [3.05, 3.63) is 24.2 Å². The first-order valence-electron chi connectivity index (χ1n) is 6.23. The van der Waals surface area contributed by atoms with Crippen molar-refractivity contribution >= 4 is 5.84 Å². The second kappa shape index (κ2) is 3.21. The standard InChI is InChI=1S/C13H10N4O3/c14-6-11-9(8-2-1-3-18-8)12(11,7-15)13(17-10(11)16)19-4-5-20-13/h1-3,9H,4-5H2,(H2,16,17)/p+1/t9-,11+,12+/m0/s1. The normalized spacial score (nSPS) is 39.9. The lowest BCUT2D eigenvalue weighted by molar-refractivity contribution is -0.676. The highest BCUT2D eigenvalue weighted by Crippen LogP contribution is 2.79. The molecular formula is C13H11N4O3+. The largest absolute Gasteiger partial charge is 0.469 e. The van der Waals surface area contributed by atoms with Gasteiger partial charge < -0.3 is 13.9 Å². The van der Waals surface area contributed by atoms with Crippen LogP contribution in [-0.4, -0.2) is 25.0 Å². The summed E-state index contributed by atoms with van der Waals surface area (Å²) in [6.07, 6.45) is 1.51. The lowest BCUT2D eigenvalue weighted by Crippen LogP contribution is -2.89. The monoisotopic (exact) mass is 271 g/mol. The molecule has 0 bridgehead atoms. The molecule has 7 nitrogen and oxygen atoms in total. The Morgan fingerprint density at radius 2 is 2.05 bits per heavy atom. The van der Waals surface area contributed by atoms with E-state index in [1.807, 2.05) is 0 Å². The van der Waals surface area contributed by atoms with Crippen LogP contribution in [0.4, 0.5) is 0 Å². The number of rotatable bonds is 1. The Balaban J connectivity index is 1.96. The molecular weight excluding hydrogens is 260 g/mol. The van der Waals surface area contributed by atoms with Crippen LogP contribution in [-0.2, 0) is 9.47 Å². The van der Waals surface area contributed by atoms with Crippen LogP contribution in [0, 0.1) is 33.5 Å². The van der Waals surface area contributed by atoms with Gasteiger partial charge >= 0.3 is 5.91 Å². The Bertz CT molecular complexity index is 692. The molecule has 3 aliphatic rings. The van der Waals surface area contributed by atoms with Crippen LogP contribution in [0.2, 0.25) is 0 Å². The van der Waals surface area contributed by atoms with Crippen molar-refractivity contribution in [2.45, 2.75) is 11.8 Å². The van der Waals surface area contributed by atoms with Gasteiger partial charge in [0.25, 0.3) is 5.84 Å². The van der Waals surface area contributed by atoms with Crippen LogP contribution >= 0.6 is 0 Å². The molecule has 0 radical (unpaired) electrons. The molecule has 0 amide bonds. The van der Waals surface area contributed by atoms with Gasteiger partial charge in [0.1, 0.15) is 5.76 Å². The van der Waals surface area contributed by atoms with Gasteiger partial charge in [-0.3, -0.25) is 5.73 Å². The summed E-state index contributed by atoms with van der Waals surface area (Å²) in [6.45, 7) is 0.687. The zero-order chi connectivity index (χ0) is 14.0. The van der Waals surface area contributed by atoms with E-state index in [1.54, 1.807) is 12.1 Å². The molecule has 0 aromatic carbocycles. The van der Waals surface area contributed by atoms with Crippen LogP contribution in [0.5, 0.6) is 0 Å². The molecule has 1 saturated heterocycles. The molecule has 1 aliphatic carbocycles. The summed E-state index contributed by atoms with van der Waals surface area (Å²) in [5.74, 6) is -1.13. The van der Waals surface area contributed by atoms with Crippen molar-refractivity contribution < 1.29 is 18.9 Å². The first-order chi connectivity index (χ1) is 9.68. The topological polar surface area (TPSA) is 119 Å². The highest BCUT2D eigenvalue weighted by atomic mass is 16.8. The van der Waals surface area contributed by atoms with E-state index >= 15 is 0 Å². The highest BCUT2D eigenvalue weighted by molar-refractivity contribution is 5.95. The van der Waals surface area contributed by atoms with Crippen LogP contribution in [0.25, 0.3) is 0 Å². The number of nitrogens with zero attached hydrogens (tertiary/aromatic N) is 2.